The minimum absolute atomic E-state index is 0.113. The van der Waals surface area contributed by atoms with E-state index in [2.05, 4.69) is 10.6 Å². The minimum Gasteiger partial charge on any atom is -0.493 e. The van der Waals surface area contributed by atoms with Gasteiger partial charge in [0.2, 0.25) is 5.78 Å². The molecule has 0 saturated carbocycles. The summed E-state index contributed by atoms with van der Waals surface area (Å²) in [4.78, 5) is 26.3. The first-order valence-electron chi connectivity index (χ1n) is 13.4. The monoisotopic (exact) mass is 542 g/mol. The molecule has 9 heteroatoms. The molecule has 1 heterocycles. The van der Waals surface area contributed by atoms with Crippen LogP contribution in [-0.4, -0.2) is 76.6 Å². The Morgan fingerprint density at radius 2 is 1.67 bits per heavy atom. The van der Waals surface area contributed by atoms with Gasteiger partial charge in [-0.3, -0.25) is 9.59 Å². The summed E-state index contributed by atoms with van der Waals surface area (Å²) in [5.41, 5.74) is 0.756. The van der Waals surface area contributed by atoms with Gasteiger partial charge in [-0.2, -0.15) is 0 Å². The Morgan fingerprint density at radius 1 is 0.974 bits per heavy atom. The Hall–Kier alpha value is -3.14. The molecule has 0 aromatic heterocycles. The zero-order valence-corrected chi connectivity index (χ0v) is 23.9. The molecule has 0 unspecified atom stereocenters. The third-order valence-electron chi connectivity index (χ3n) is 6.53. The number of ketones is 1. The number of carbonyl (C=O) groups excluding carboxylic acids is 2. The highest BCUT2D eigenvalue weighted by atomic mass is 16.5. The first-order chi connectivity index (χ1) is 18.6. The second-order valence-corrected chi connectivity index (χ2v) is 10.4. The van der Waals surface area contributed by atoms with Gasteiger partial charge in [0.15, 0.2) is 11.5 Å². The van der Waals surface area contributed by atoms with Gasteiger partial charge in [-0.15, -0.1) is 0 Å². The van der Waals surface area contributed by atoms with Gasteiger partial charge in [-0.25, -0.2) is 0 Å². The summed E-state index contributed by atoms with van der Waals surface area (Å²) in [5.74, 6) is 0.585. The van der Waals surface area contributed by atoms with Gasteiger partial charge in [-0.05, 0) is 71.3 Å². The molecule has 9 nitrogen and oxygen atoms in total. The van der Waals surface area contributed by atoms with Crippen LogP contribution in [0.4, 0.5) is 0 Å². The van der Waals surface area contributed by atoms with E-state index in [1.165, 1.54) is 14.2 Å². The van der Waals surface area contributed by atoms with Crippen molar-refractivity contribution in [3.8, 4) is 17.2 Å². The molecule has 1 aliphatic rings. The zero-order chi connectivity index (χ0) is 28.4. The van der Waals surface area contributed by atoms with E-state index in [4.69, 9.17) is 23.7 Å². The Kier molecular flexibility index (Phi) is 11.2. The molecule has 1 aliphatic heterocycles. The number of amides is 1. The summed E-state index contributed by atoms with van der Waals surface area (Å²) in [6, 6.07) is 10.1. The molecule has 2 aromatic carbocycles. The molecule has 2 aromatic rings. The average molecular weight is 543 g/mol. The van der Waals surface area contributed by atoms with Crippen LogP contribution in [0.3, 0.4) is 0 Å². The molecule has 1 saturated heterocycles. The van der Waals surface area contributed by atoms with E-state index in [0.717, 1.165) is 25.9 Å². The Labute approximate surface area is 231 Å². The summed E-state index contributed by atoms with van der Waals surface area (Å²) < 4.78 is 28.7. The van der Waals surface area contributed by atoms with Crippen molar-refractivity contribution in [3.05, 3.63) is 53.1 Å². The number of rotatable bonds is 15. The summed E-state index contributed by atoms with van der Waals surface area (Å²) >= 11 is 0. The molecule has 1 atom stereocenters. The van der Waals surface area contributed by atoms with Crippen molar-refractivity contribution < 1.29 is 33.3 Å². The number of hydrogen-bond acceptors (Lipinski definition) is 8. The smallest absolute Gasteiger partial charge is 0.251 e. The maximum atomic E-state index is 13.7. The predicted octanol–water partition coefficient (Wildman–Crippen LogP) is 4.02. The highest BCUT2D eigenvalue weighted by Gasteiger charge is 2.25. The van der Waals surface area contributed by atoms with Crippen LogP contribution in [0.25, 0.3) is 0 Å². The van der Waals surface area contributed by atoms with Crippen molar-refractivity contribution in [2.24, 2.45) is 0 Å². The molecule has 1 amide bonds. The van der Waals surface area contributed by atoms with Gasteiger partial charge in [0, 0.05) is 30.3 Å². The van der Waals surface area contributed by atoms with E-state index in [1.807, 2.05) is 27.7 Å². The second kappa shape index (κ2) is 14.3. The SMILES string of the molecule is COc1ccc(OCCOC(C)(C)CCOC(C)C)c(C(=O)c2ccc(C(=O)N[C@H]3CCNC3)cc2)c1OC. The van der Waals surface area contributed by atoms with Gasteiger partial charge in [0.1, 0.15) is 17.9 Å². The van der Waals surface area contributed by atoms with Crippen LogP contribution in [0.15, 0.2) is 36.4 Å². The van der Waals surface area contributed by atoms with Gasteiger partial charge < -0.3 is 34.3 Å². The van der Waals surface area contributed by atoms with Crippen molar-refractivity contribution in [2.75, 3.05) is 47.1 Å². The Bertz CT molecular complexity index is 1090. The van der Waals surface area contributed by atoms with E-state index in [0.29, 0.717) is 35.8 Å². The fraction of sp³-hybridized carbons (Fsp3) is 0.533. The van der Waals surface area contributed by atoms with Crippen molar-refractivity contribution in [1.29, 1.82) is 0 Å². The van der Waals surface area contributed by atoms with Crippen molar-refractivity contribution >= 4 is 11.7 Å². The van der Waals surface area contributed by atoms with E-state index in [1.54, 1.807) is 36.4 Å². The lowest BCUT2D eigenvalue weighted by atomic mass is 9.99. The topological polar surface area (TPSA) is 104 Å². The average Bonchev–Trinajstić information content (AvgIpc) is 3.43. The van der Waals surface area contributed by atoms with Gasteiger partial charge >= 0.3 is 0 Å². The van der Waals surface area contributed by atoms with Gasteiger partial charge in [0.25, 0.3) is 5.91 Å². The third kappa shape index (κ3) is 8.68. The number of nitrogens with one attached hydrogen (secondary N) is 2. The lowest BCUT2D eigenvalue weighted by Crippen LogP contribution is -2.36. The molecular weight excluding hydrogens is 500 g/mol. The van der Waals surface area contributed by atoms with E-state index < -0.39 is 0 Å². The highest BCUT2D eigenvalue weighted by Crippen LogP contribution is 2.39. The summed E-state index contributed by atoms with van der Waals surface area (Å²) in [6.07, 6.45) is 1.82. The molecular formula is C30H42N2O7. The van der Waals surface area contributed by atoms with Crippen molar-refractivity contribution in [2.45, 2.75) is 58.3 Å². The number of ether oxygens (including phenoxy) is 5. The van der Waals surface area contributed by atoms with Crippen molar-refractivity contribution in [1.82, 2.24) is 10.6 Å². The Morgan fingerprint density at radius 3 is 2.28 bits per heavy atom. The number of benzene rings is 2. The zero-order valence-electron chi connectivity index (χ0n) is 23.9. The summed E-state index contributed by atoms with van der Waals surface area (Å²) in [6.45, 7) is 10.9. The van der Waals surface area contributed by atoms with E-state index in [9.17, 15) is 9.59 Å². The lowest BCUT2D eigenvalue weighted by Gasteiger charge is -2.26. The van der Waals surface area contributed by atoms with Crippen LogP contribution in [0.5, 0.6) is 17.2 Å². The quantitative estimate of drug-likeness (QED) is 0.257. The first-order valence-corrected chi connectivity index (χ1v) is 13.4. The molecule has 0 radical (unpaired) electrons. The molecule has 214 valence electrons. The van der Waals surface area contributed by atoms with Crippen LogP contribution in [0.2, 0.25) is 0 Å². The molecule has 0 spiro atoms. The second-order valence-electron chi connectivity index (χ2n) is 10.4. The maximum Gasteiger partial charge on any atom is 0.251 e. The molecule has 1 fully saturated rings. The standard InChI is InChI=1S/C30H42N2O7/c1-20(2)37-16-14-30(3,4)39-18-17-38-24-11-12-25(35-5)28(36-6)26(24)27(33)21-7-9-22(10-8-21)29(34)32-23-13-15-31-19-23/h7-12,20,23,31H,13-19H2,1-6H3,(H,32,34)/t23-/m0/s1. The number of methoxy groups -OCH3 is 2. The first kappa shape index (κ1) is 30.4. The third-order valence-corrected chi connectivity index (χ3v) is 6.53. The summed E-state index contributed by atoms with van der Waals surface area (Å²) in [5, 5.41) is 6.24. The van der Waals surface area contributed by atoms with Crippen LogP contribution in [0.1, 0.15) is 66.8 Å². The Balaban J connectivity index is 1.71. The highest BCUT2D eigenvalue weighted by molar-refractivity contribution is 6.13. The number of carbonyl (C=O) groups is 2. The van der Waals surface area contributed by atoms with Crippen molar-refractivity contribution in [3.63, 3.8) is 0 Å². The molecule has 0 bridgehead atoms. The van der Waals surface area contributed by atoms with E-state index >= 15 is 0 Å². The largest absolute Gasteiger partial charge is 0.493 e. The molecule has 39 heavy (non-hydrogen) atoms. The number of hydrogen-bond donors (Lipinski definition) is 2. The van der Waals surface area contributed by atoms with Crippen LogP contribution < -0.4 is 24.8 Å². The lowest BCUT2D eigenvalue weighted by molar-refractivity contribution is -0.0552. The summed E-state index contributed by atoms with van der Waals surface area (Å²) in [7, 11) is 2.99. The predicted molar refractivity (Wildman–Crippen MR) is 149 cm³/mol. The van der Waals surface area contributed by atoms with E-state index in [-0.39, 0.29) is 47.4 Å². The van der Waals surface area contributed by atoms with Crippen LogP contribution in [0, 0.1) is 0 Å². The molecule has 0 aliphatic carbocycles. The van der Waals surface area contributed by atoms with Crippen LogP contribution >= 0.6 is 0 Å². The fourth-order valence-electron chi connectivity index (χ4n) is 4.29. The van der Waals surface area contributed by atoms with Crippen LogP contribution in [-0.2, 0) is 9.47 Å². The van der Waals surface area contributed by atoms with Gasteiger partial charge in [-0.1, -0.05) is 12.1 Å². The molecule has 3 rings (SSSR count). The normalized spacial score (nSPS) is 15.3. The fourth-order valence-corrected chi connectivity index (χ4v) is 4.29. The maximum absolute atomic E-state index is 13.7. The molecule has 2 N–H and O–H groups in total. The minimum atomic E-state index is -0.378. The van der Waals surface area contributed by atoms with Gasteiger partial charge in [0.05, 0.1) is 32.5 Å².